The first-order chi connectivity index (χ1) is 24.8. The lowest BCUT2D eigenvalue weighted by atomic mass is 9.98. The van der Waals surface area contributed by atoms with E-state index in [1.807, 2.05) is 30.5 Å². The van der Waals surface area contributed by atoms with E-state index in [4.69, 9.17) is 9.97 Å². The Labute approximate surface area is 289 Å². The molecule has 0 amide bonds. The van der Waals surface area contributed by atoms with Crippen molar-refractivity contribution in [3.05, 3.63) is 182 Å². The Bertz CT molecular complexity index is 2850. The largest absolute Gasteiger partial charge is 0.309 e. The molecule has 0 aliphatic heterocycles. The van der Waals surface area contributed by atoms with Crippen molar-refractivity contribution in [3.8, 4) is 45.1 Å². The molecule has 0 radical (unpaired) electrons. The second-order valence-corrected chi connectivity index (χ2v) is 12.7. The summed E-state index contributed by atoms with van der Waals surface area (Å²) in [6, 6.07) is 62.5. The molecule has 0 aliphatic rings. The number of para-hydroxylation sites is 3. The summed E-state index contributed by atoms with van der Waals surface area (Å²) in [5.41, 5.74) is 12.5. The fourth-order valence-corrected chi connectivity index (χ4v) is 7.45. The van der Waals surface area contributed by atoms with Gasteiger partial charge in [0.2, 0.25) is 5.95 Å². The molecule has 7 aromatic carbocycles. The molecule has 0 aliphatic carbocycles. The summed E-state index contributed by atoms with van der Waals surface area (Å²) in [7, 11) is 0. The summed E-state index contributed by atoms with van der Waals surface area (Å²) in [5, 5.41) is 4.88. The molecule has 0 saturated carbocycles. The van der Waals surface area contributed by atoms with Gasteiger partial charge in [-0.3, -0.25) is 4.57 Å². The molecular weight excluding hydrogens is 609 g/mol. The van der Waals surface area contributed by atoms with Crippen LogP contribution in [0.5, 0.6) is 0 Å². The summed E-state index contributed by atoms with van der Waals surface area (Å²) in [6.45, 7) is 0. The Morgan fingerprint density at radius 1 is 0.340 bits per heavy atom. The minimum Gasteiger partial charge on any atom is -0.309 e. The van der Waals surface area contributed by atoms with Crippen LogP contribution in [-0.4, -0.2) is 19.1 Å². The van der Waals surface area contributed by atoms with Gasteiger partial charge in [-0.2, -0.15) is 0 Å². The van der Waals surface area contributed by atoms with Gasteiger partial charge in [0.25, 0.3) is 0 Å². The van der Waals surface area contributed by atoms with Crippen molar-refractivity contribution in [2.75, 3.05) is 0 Å². The Balaban J connectivity index is 1.05. The molecule has 0 saturated heterocycles. The Hall–Kier alpha value is -6.78. The highest BCUT2D eigenvalue weighted by atomic mass is 15.2. The highest BCUT2D eigenvalue weighted by molar-refractivity contribution is 6.11. The third-order valence-corrected chi connectivity index (χ3v) is 9.82. The van der Waals surface area contributed by atoms with E-state index in [1.54, 1.807) is 0 Å². The van der Waals surface area contributed by atoms with Crippen LogP contribution in [0.3, 0.4) is 0 Å². The fourth-order valence-electron chi connectivity index (χ4n) is 7.45. The highest BCUT2D eigenvalue weighted by Crippen LogP contribution is 2.37. The molecule has 0 spiro atoms. The van der Waals surface area contributed by atoms with Gasteiger partial charge in [-0.15, -0.1) is 0 Å². The average Bonchev–Trinajstić information content (AvgIpc) is 3.71. The van der Waals surface area contributed by atoms with E-state index < -0.39 is 0 Å². The SMILES string of the molecule is c1ccc(-c2ccnc(-n3c4ccccc4c4cc(-c5ccc(-c6ccc7c8ccccc8n(-c8ccccc8)c7c6)cc5)ccc43)n2)cc1. The van der Waals surface area contributed by atoms with E-state index >= 15 is 0 Å². The lowest BCUT2D eigenvalue weighted by molar-refractivity contribution is 0.992. The van der Waals surface area contributed by atoms with Crippen molar-refractivity contribution in [2.45, 2.75) is 0 Å². The standard InChI is InChI=1S/C46H30N4/c1-3-11-33(12-4-1)41-27-28-47-46(48-41)50-43-18-10-8-16-38(43)40-29-34(24-26-44(40)50)31-19-21-32(22-20-31)35-23-25-39-37-15-7-9-17-42(37)49(45(39)30-35)36-13-5-2-6-14-36/h1-30H. The molecule has 3 heterocycles. The van der Waals surface area contributed by atoms with Gasteiger partial charge >= 0.3 is 0 Å². The van der Waals surface area contributed by atoms with E-state index in [0.29, 0.717) is 5.95 Å². The number of rotatable bonds is 5. The van der Waals surface area contributed by atoms with Crippen molar-refractivity contribution in [1.82, 2.24) is 19.1 Å². The fraction of sp³-hybridized carbons (Fsp3) is 0. The number of fused-ring (bicyclic) bond motifs is 6. The van der Waals surface area contributed by atoms with Crippen LogP contribution < -0.4 is 0 Å². The van der Waals surface area contributed by atoms with Gasteiger partial charge in [0.15, 0.2) is 0 Å². The van der Waals surface area contributed by atoms with Gasteiger partial charge in [-0.25, -0.2) is 9.97 Å². The molecule has 0 unspecified atom stereocenters. The second kappa shape index (κ2) is 11.4. The monoisotopic (exact) mass is 638 g/mol. The molecule has 0 fully saturated rings. The normalized spacial score (nSPS) is 11.6. The number of nitrogens with zero attached hydrogens (tertiary/aromatic N) is 4. The quantitative estimate of drug-likeness (QED) is 0.188. The van der Waals surface area contributed by atoms with Crippen LogP contribution >= 0.6 is 0 Å². The molecule has 10 aromatic rings. The van der Waals surface area contributed by atoms with Gasteiger partial charge < -0.3 is 4.57 Å². The van der Waals surface area contributed by atoms with E-state index in [9.17, 15) is 0 Å². The molecule has 0 atom stereocenters. The molecule has 3 aromatic heterocycles. The molecule has 0 N–H and O–H groups in total. The van der Waals surface area contributed by atoms with Gasteiger partial charge in [0, 0.05) is 39.0 Å². The summed E-state index contributed by atoms with van der Waals surface area (Å²) < 4.78 is 4.55. The van der Waals surface area contributed by atoms with Gasteiger partial charge in [-0.1, -0.05) is 127 Å². The predicted molar refractivity (Wildman–Crippen MR) is 207 cm³/mol. The zero-order valence-electron chi connectivity index (χ0n) is 27.1. The van der Waals surface area contributed by atoms with Crippen molar-refractivity contribution < 1.29 is 0 Å². The highest BCUT2D eigenvalue weighted by Gasteiger charge is 2.16. The zero-order valence-corrected chi connectivity index (χ0v) is 27.1. The minimum absolute atomic E-state index is 0.665. The molecular formula is C46H30N4. The first-order valence-corrected chi connectivity index (χ1v) is 16.9. The maximum atomic E-state index is 5.01. The maximum Gasteiger partial charge on any atom is 0.235 e. The number of aromatic nitrogens is 4. The topological polar surface area (TPSA) is 35.6 Å². The van der Waals surface area contributed by atoms with Gasteiger partial charge in [0.05, 0.1) is 27.8 Å². The molecule has 4 nitrogen and oxygen atoms in total. The van der Waals surface area contributed by atoms with Crippen molar-refractivity contribution in [2.24, 2.45) is 0 Å². The molecule has 50 heavy (non-hydrogen) atoms. The third-order valence-electron chi connectivity index (χ3n) is 9.82. The van der Waals surface area contributed by atoms with E-state index in [2.05, 4.69) is 161 Å². The zero-order chi connectivity index (χ0) is 33.0. The van der Waals surface area contributed by atoms with Crippen molar-refractivity contribution in [3.63, 3.8) is 0 Å². The Morgan fingerprint density at radius 2 is 0.880 bits per heavy atom. The van der Waals surface area contributed by atoms with Crippen LogP contribution in [0, 0.1) is 0 Å². The minimum atomic E-state index is 0.665. The summed E-state index contributed by atoms with van der Waals surface area (Å²) in [6.07, 6.45) is 1.85. The summed E-state index contributed by atoms with van der Waals surface area (Å²) in [5.74, 6) is 0.665. The molecule has 234 valence electrons. The smallest absolute Gasteiger partial charge is 0.235 e. The molecule has 10 rings (SSSR count). The molecule has 4 heteroatoms. The number of benzene rings is 7. The van der Waals surface area contributed by atoms with Crippen LogP contribution in [-0.2, 0) is 0 Å². The predicted octanol–water partition coefficient (Wildman–Crippen LogP) is 11.7. The van der Waals surface area contributed by atoms with Crippen LogP contribution in [0.15, 0.2) is 182 Å². The number of hydrogen-bond donors (Lipinski definition) is 0. The van der Waals surface area contributed by atoms with Gasteiger partial charge in [0.1, 0.15) is 0 Å². The summed E-state index contributed by atoms with van der Waals surface area (Å²) >= 11 is 0. The number of hydrogen-bond acceptors (Lipinski definition) is 2. The van der Waals surface area contributed by atoms with E-state index in [1.165, 1.54) is 60.5 Å². The first-order valence-electron chi connectivity index (χ1n) is 16.9. The second-order valence-electron chi connectivity index (χ2n) is 12.7. The Kier molecular flexibility index (Phi) is 6.46. The van der Waals surface area contributed by atoms with Crippen LogP contribution in [0.25, 0.3) is 88.8 Å². The Morgan fingerprint density at radius 3 is 1.62 bits per heavy atom. The maximum absolute atomic E-state index is 5.01. The lowest BCUT2D eigenvalue weighted by Crippen LogP contribution is -2.01. The molecule has 0 bridgehead atoms. The van der Waals surface area contributed by atoms with Gasteiger partial charge in [-0.05, 0) is 70.8 Å². The first kappa shape index (κ1) is 28.3. The van der Waals surface area contributed by atoms with Crippen LogP contribution in [0.2, 0.25) is 0 Å². The summed E-state index contributed by atoms with van der Waals surface area (Å²) in [4.78, 5) is 9.74. The van der Waals surface area contributed by atoms with E-state index in [-0.39, 0.29) is 0 Å². The van der Waals surface area contributed by atoms with Crippen molar-refractivity contribution in [1.29, 1.82) is 0 Å². The van der Waals surface area contributed by atoms with Crippen LogP contribution in [0.4, 0.5) is 0 Å². The van der Waals surface area contributed by atoms with Crippen molar-refractivity contribution >= 4 is 43.6 Å². The lowest BCUT2D eigenvalue weighted by Gasteiger charge is -2.10. The average molecular weight is 639 g/mol. The van der Waals surface area contributed by atoms with E-state index in [0.717, 1.165) is 22.3 Å². The van der Waals surface area contributed by atoms with Crippen LogP contribution in [0.1, 0.15) is 0 Å². The third kappa shape index (κ3) is 4.54.